The quantitative estimate of drug-likeness (QED) is 0.472. The summed E-state index contributed by atoms with van der Waals surface area (Å²) in [5.41, 5.74) is 3.29. The summed E-state index contributed by atoms with van der Waals surface area (Å²) in [7, 11) is 0. The van der Waals surface area contributed by atoms with E-state index in [4.69, 9.17) is 4.74 Å². The molecule has 0 saturated heterocycles. The number of para-hydroxylation sites is 1. The minimum atomic E-state index is -0.503. The van der Waals surface area contributed by atoms with E-state index in [0.717, 1.165) is 11.3 Å². The smallest absolute Gasteiger partial charge is 0.275 e. The lowest BCUT2D eigenvalue weighted by Gasteiger charge is -2.06. The van der Waals surface area contributed by atoms with Gasteiger partial charge in [-0.15, -0.1) is 0 Å². The molecule has 5 nitrogen and oxygen atoms in total. The van der Waals surface area contributed by atoms with Crippen molar-refractivity contribution in [2.75, 3.05) is 0 Å². The van der Waals surface area contributed by atoms with Crippen molar-refractivity contribution < 1.29 is 14.6 Å². The minimum Gasteiger partial charge on any atom is -0.507 e. The number of hydrazone groups is 1. The van der Waals surface area contributed by atoms with E-state index in [1.54, 1.807) is 12.1 Å². The number of hydrogen-bond donors (Lipinski definition) is 2. The van der Waals surface area contributed by atoms with Crippen LogP contribution in [0.4, 0.5) is 0 Å². The van der Waals surface area contributed by atoms with Gasteiger partial charge in [0, 0.05) is 4.47 Å². The fourth-order valence-corrected chi connectivity index (χ4v) is 2.56. The van der Waals surface area contributed by atoms with Gasteiger partial charge < -0.3 is 9.84 Å². The van der Waals surface area contributed by atoms with Gasteiger partial charge in [-0.1, -0.05) is 46.3 Å². The van der Waals surface area contributed by atoms with E-state index in [0.29, 0.717) is 10.2 Å². The summed E-state index contributed by atoms with van der Waals surface area (Å²) in [5.74, 6) is 0.784. The average Bonchev–Trinajstić information content (AvgIpc) is 2.65. The van der Waals surface area contributed by atoms with Gasteiger partial charge in [0.1, 0.15) is 17.2 Å². The normalized spacial score (nSPS) is 10.7. The number of aromatic hydroxyl groups is 1. The maximum atomic E-state index is 12.1. The van der Waals surface area contributed by atoms with Crippen molar-refractivity contribution in [2.24, 2.45) is 5.10 Å². The Bertz CT molecular complexity index is 943. The van der Waals surface area contributed by atoms with Crippen LogP contribution in [0.5, 0.6) is 17.2 Å². The number of carbonyl (C=O) groups is 1. The molecule has 6 heteroatoms. The monoisotopic (exact) mass is 410 g/mol. The maximum absolute atomic E-state index is 12.1. The van der Waals surface area contributed by atoms with Gasteiger partial charge in [0.25, 0.3) is 5.91 Å². The molecule has 0 bridgehead atoms. The van der Waals surface area contributed by atoms with Crippen molar-refractivity contribution in [3.05, 3.63) is 88.4 Å². The second-order valence-corrected chi connectivity index (χ2v) is 6.26. The zero-order valence-corrected chi connectivity index (χ0v) is 15.2. The summed E-state index contributed by atoms with van der Waals surface area (Å²) in [6.45, 7) is 0. The Kier molecular flexibility index (Phi) is 5.66. The van der Waals surface area contributed by atoms with E-state index in [1.807, 2.05) is 48.5 Å². The van der Waals surface area contributed by atoms with Gasteiger partial charge in [0.2, 0.25) is 0 Å². The Morgan fingerprint density at radius 2 is 1.77 bits per heavy atom. The molecular formula is C20H15BrN2O3. The first-order valence-corrected chi connectivity index (χ1v) is 8.56. The number of phenolic OH excluding ortho intramolecular Hbond substituents is 1. The second kappa shape index (κ2) is 8.31. The molecule has 0 spiro atoms. The molecular weight excluding hydrogens is 396 g/mol. The van der Waals surface area contributed by atoms with Crippen LogP contribution < -0.4 is 10.2 Å². The van der Waals surface area contributed by atoms with Crippen molar-refractivity contribution in [2.45, 2.75) is 0 Å². The van der Waals surface area contributed by atoms with Crippen LogP contribution in [0.25, 0.3) is 0 Å². The number of amides is 1. The third kappa shape index (κ3) is 4.70. The topological polar surface area (TPSA) is 70.9 Å². The number of hydrogen-bond acceptors (Lipinski definition) is 4. The number of carbonyl (C=O) groups excluding carboxylic acids is 1. The molecule has 0 aromatic heterocycles. The van der Waals surface area contributed by atoms with E-state index < -0.39 is 5.91 Å². The summed E-state index contributed by atoms with van der Waals surface area (Å²) in [4.78, 5) is 12.1. The molecule has 0 aliphatic carbocycles. The molecule has 0 saturated carbocycles. The van der Waals surface area contributed by atoms with E-state index >= 15 is 0 Å². The summed E-state index contributed by atoms with van der Waals surface area (Å²) >= 11 is 3.26. The third-order valence-electron chi connectivity index (χ3n) is 3.42. The van der Waals surface area contributed by atoms with Gasteiger partial charge in [-0.05, 0) is 48.0 Å². The standard InChI is InChI=1S/C20H15BrN2O3/c21-15-9-10-19(24)18(12-15)20(25)23-22-13-14-5-4-8-17(11-14)26-16-6-2-1-3-7-16/h1-13,24H,(H,23,25)/b22-13+. The molecule has 0 unspecified atom stereocenters. The molecule has 3 rings (SSSR count). The lowest BCUT2D eigenvalue weighted by Crippen LogP contribution is -2.17. The first kappa shape index (κ1) is 17.7. The van der Waals surface area contributed by atoms with Crippen LogP contribution in [0.1, 0.15) is 15.9 Å². The zero-order valence-electron chi connectivity index (χ0n) is 13.6. The first-order valence-electron chi connectivity index (χ1n) is 7.77. The van der Waals surface area contributed by atoms with E-state index in [-0.39, 0.29) is 11.3 Å². The van der Waals surface area contributed by atoms with Crippen molar-refractivity contribution in [3.8, 4) is 17.2 Å². The molecule has 0 heterocycles. The molecule has 0 aliphatic rings. The van der Waals surface area contributed by atoms with Gasteiger partial charge in [0.15, 0.2) is 0 Å². The van der Waals surface area contributed by atoms with Crippen molar-refractivity contribution >= 4 is 28.1 Å². The molecule has 130 valence electrons. The predicted octanol–water partition coefficient (Wildman–Crippen LogP) is 4.71. The predicted molar refractivity (Wildman–Crippen MR) is 104 cm³/mol. The highest BCUT2D eigenvalue weighted by atomic mass is 79.9. The Morgan fingerprint density at radius 1 is 1.00 bits per heavy atom. The molecule has 2 N–H and O–H groups in total. The van der Waals surface area contributed by atoms with Gasteiger partial charge in [0.05, 0.1) is 11.8 Å². The van der Waals surface area contributed by atoms with Crippen LogP contribution >= 0.6 is 15.9 Å². The Balaban J connectivity index is 1.66. The number of phenols is 1. The van der Waals surface area contributed by atoms with Gasteiger partial charge in [-0.3, -0.25) is 4.79 Å². The van der Waals surface area contributed by atoms with Crippen LogP contribution in [0.2, 0.25) is 0 Å². The highest BCUT2D eigenvalue weighted by Gasteiger charge is 2.10. The minimum absolute atomic E-state index is 0.112. The molecule has 0 radical (unpaired) electrons. The summed E-state index contributed by atoms with van der Waals surface area (Å²) in [6, 6.07) is 21.4. The fourth-order valence-electron chi connectivity index (χ4n) is 2.20. The highest BCUT2D eigenvalue weighted by Crippen LogP contribution is 2.22. The molecule has 1 amide bonds. The Hall–Kier alpha value is -3.12. The van der Waals surface area contributed by atoms with E-state index in [2.05, 4.69) is 26.5 Å². The number of nitrogens with zero attached hydrogens (tertiary/aromatic N) is 1. The van der Waals surface area contributed by atoms with Crippen molar-refractivity contribution in [1.29, 1.82) is 0 Å². The highest BCUT2D eigenvalue weighted by molar-refractivity contribution is 9.10. The number of benzene rings is 3. The molecule has 0 atom stereocenters. The lowest BCUT2D eigenvalue weighted by atomic mass is 10.2. The van der Waals surface area contributed by atoms with E-state index in [9.17, 15) is 9.90 Å². The Labute approximate surface area is 159 Å². The number of nitrogens with one attached hydrogen (secondary N) is 1. The van der Waals surface area contributed by atoms with Crippen LogP contribution in [-0.2, 0) is 0 Å². The molecule has 0 fully saturated rings. The zero-order chi connectivity index (χ0) is 18.4. The largest absolute Gasteiger partial charge is 0.507 e. The maximum Gasteiger partial charge on any atom is 0.275 e. The fraction of sp³-hybridized carbons (Fsp3) is 0. The number of halogens is 1. The SMILES string of the molecule is O=C(N/N=C/c1cccc(Oc2ccccc2)c1)c1cc(Br)ccc1O. The van der Waals surface area contributed by atoms with Gasteiger partial charge >= 0.3 is 0 Å². The number of rotatable bonds is 5. The molecule has 0 aliphatic heterocycles. The van der Waals surface area contributed by atoms with E-state index in [1.165, 1.54) is 18.3 Å². The third-order valence-corrected chi connectivity index (χ3v) is 3.91. The summed E-state index contributed by atoms with van der Waals surface area (Å²) < 4.78 is 6.45. The summed E-state index contributed by atoms with van der Waals surface area (Å²) in [6.07, 6.45) is 1.50. The lowest BCUT2D eigenvalue weighted by molar-refractivity contribution is 0.0952. The second-order valence-electron chi connectivity index (χ2n) is 5.35. The Morgan fingerprint density at radius 3 is 2.58 bits per heavy atom. The van der Waals surface area contributed by atoms with Crippen LogP contribution in [0, 0.1) is 0 Å². The van der Waals surface area contributed by atoms with Gasteiger partial charge in [-0.2, -0.15) is 5.10 Å². The molecule has 26 heavy (non-hydrogen) atoms. The summed E-state index contributed by atoms with van der Waals surface area (Å²) in [5, 5.41) is 13.7. The van der Waals surface area contributed by atoms with Gasteiger partial charge in [-0.25, -0.2) is 5.43 Å². The molecule has 3 aromatic rings. The van der Waals surface area contributed by atoms with Crippen LogP contribution in [0.3, 0.4) is 0 Å². The van der Waals surface area contributed by atoms with Crippen molar-refractivity contribution in [1.82, 2.24) is 5.43 Å². The molecule has 3 aromatic carbocycles. The number of ether oxygens (including phenoxy) is 1. The first-order chi connectivity index (χ1) is 12.6. The van der Waals surface area contributed by atoms with Crippen LogP contribution in [-0.4, -0.2) is 17.2 Å². The average molecular weight is 411 g/mol. The van der Waals surface area contributed by atoms with Crippen molar-refractivity contribution in [3.63, 3.8) is 0 Å². The van der Waals surface area contributed by atoms with Crippen LogP contribution in [0.15, 0.2) is 82.4 Å².